The molecule has 4 rings (SSSR count). The maximum Gasteiger partial charge on any atom is 0.410 e. The minimum Gasteiger partial charge on any atom is -0.506 e. The zero-order chi connectivity index (χ0) is 20.8. The number of alkyl halides is 3. The van der Waals surface area contributed by atoms with E-state index in [-0.39, 0.29) is 29.2 Å². The van der Waals surface area contributed by atoms with Crippen LogP contribution in [-0.4, -0.2) is 27.0 Å². The van der Waals surface area contributed by atoms with Gasteiger partial charge in [-0.2, -0.15) is 18.3 Å². The van der Waals surface area contributed by atoms with Crippen molar-refractivity contribution in [1.82, 2.24) is 9.78 Å². The molecule has 10 heteroatoms. The van der Waals surface area contributed by atoms with Crippen LogP contribution in [0, 0.1) is 6.92 Å². The van der Waals surface area contributed by atoms with Gasteiger partial charge in [0, 0.05) is 11.3 Å². The summed E-state index contributed by atoms with van der Waals surface area (Å²) in [6, 6.07) is 5.77. The Morgan fingerprint density at radius 3 is 2.86 bits per heavy atom. The Kier molecular flexibility index (Phi) is 4.73. The van der Waals surface area contributed by atoms with Gasteiger partial charge >= 0.3 is 6.18 Å². The number of benzene rings is 1. The average Bonchev–Trinajstić information content (AvgIpc) is 3.32. The second-order valence-electron chi connectivity index (χ2n) is 6.83. The SMILES string of the molecule is Cc1ccc(O)c(NC(=O)c2cnn3c2N[C@@H](c2cccs2)C[C@H]3C(F)(F)F)c1. The largest absolute Gasteiger partial charge is 0.506 e. The van der Waals surface area contributed by atoms with E-state index in [9.17, 15) is 23.1 Å². The highest BCUT2D eigenvalue weighted by atomic mass is 32.1. The molecule has 0 spiro atoms. The minimum atomic E-state index is -4.51. The number of aromatic nitrogens is 2. The van der Waals surface area contributed by atoms with E-state index in [1.807, 2.05) is 0 Å². The quantitative estimate of drug-likeness (QED) is 0.526. The van der Waals surface area contributed by atoms with Gasteiger partial charge in [0.1, 0.15) is 17.1 Å². The highest BCUT2D eigenvalue weighted by Gasteiger charge is 2.47. The summed E-state index contributed by atoms with van der Waals surface area (Å²) in [4.78, 5) is 13.5. The van der Waals surface area contributed by atoms with Crippen molar-refractivity contribution in [3.63, 3.8) is 0 Å². The third-order valence-corrected chi connectivity index (χ3v) is 5.76. The van der Waals surface area contributed by atoms with Crippen molar-refractivity contribution < 1.29 is 23.1 Å². The summed E-state index contributed by atoms with van der Waals surface area (Å²) in [6.07, 6.45) is -3.63. The van der Waals surface area contributed by atoms with Gasteiger partial charge < -0.3 is 15.7 Å². The van der Waals surface area contributed by atoms with E-state index in [1.165, 1.54) is 17.4 Å². The summed E-state index contributed by atoms with van der Waals surface area (Å²) >= 11 is 1.35. The number of phenols is 1. The molecule has 2 aromatic heterocycles. The Hall–Kier alpha value is -3.01. The summed E-state index contributed by atoms with van der Waals surface area (Å²) < 4.78 is 41.8. The highest BCUT2D eigenvalue weighted by molar-refractivity contribution is 7.10. The molecular formula is C19H17F3N4O2S. The van der Waals surface area contributed by atoms with Gasteiger partial charge in [-0.25, -0.2) is 4.68 Å². The molecule has 29 heavy (non-hydrogen) atoms. The molecule has 2 atom stereocenters. The van der Waals surface area contributed by atoms with Crippen LogP contribution in [0.5, 0.6) is 5.75 Å². The van der Waals surface area contributed by atoms with E-state index in [0.717, 1.165) is 21.3 Å². The van der Waals surface area contributed by atoms with Crippen LogP contribution in [0.2, 0.25) is 0 Å². The molecule has 3 N–H and O–H groups in total. The second kappa shape index (κ2) is 7.11. The first-order chi connectivity index (χ1) is 13.7. The summed E-state index contributed by atoms with van der Waals surface area (Å²) in [6.45, 7) is 1.79. The molecule has 0 saturated carbocycles. The number of halogens is 3. The number of amides is 1. The van der Waals surface area contributed by atoms with E-state index in [1.54, 1.807) is 36.6 Å². The maximum atomic E-state index is 13.7. The van der Waals surface area contributed by atoms with Gasteiger partial charge in [0.25, 0.3) is 5.91 Å². The van der Waals surface area contributed by atoms with Gasteiger partial charge in [-0.15, -0.1) is 11.3 Å². The molecule has 1 aromatic carbocycles. The fourth-order valence-electron chi connectivity index (χ4n) is 3.34. The van der Waals surface area contributed by atoms with Crippen LogP contribution >= 0.6 is 11.3 Å². The zero-order valence-electron chi connectivity index (χ0n) is 15.2. The normalized spacial score (nSPS) is 18.8. The third-order valence-electron chi connectivity index (χ3n) is 4.77. The molecule has 3 aromatic rings. The number of carbonyl (C=O) groups is 1. The van der Waals surface area contributed by atoms with Crippen LogP contribution < -0.4 is 10.6 Å². The van der Waals surface area contributed by atoms with Crippen molar-refractivity contribution >= 4 is 28.7 Å². The van der Waals surface area contributed by atoms with E-state index >= 15 is 0 Å². The van der Waals surface area contributed by atoms with Crippen LogP contribution in [0.25, 0.3) is 0 Å². The Labute approximate surface area is 168 Å². The van der Waals surface area contributed by atoms with Gasteiger partial charge in [0.05, 0.1) is 17.9 Å². The number of anilines is 2. The fraction of sp³-hybridized carbons (Fsp3) is 0.263. The number of aryl methyl sites for hydroxylation is 1. The maximum absolute atomic E-state index is 13.7. The van der Waals surface area contributed by atoms with E-state index in [4.69, 9.17) is 0 Å². The monoisotopic (exact) mass is 422 g/mol. The van der Waals surface area contributed by atoms with E-state index in [2.05, 4.69) is 15.7 Å². The lowest BCUT2D eigenvalue weighted by molar-refractivity contribution is -0.173. The van der Waals surface area contributed by atoms with Crippen molar-refractivity contribution in [3.8, 4) is 5.75 Å². The molecule has 0 radical (unpaired) electrons. The van der Waals surface area contributed by atoms with Crippen LogP contribution in [0.1, 0.15) is 39.3 Å². The summed E-state index contributed by atoms with van der Waals surface area (Å²) in [7, 11) is 0. The Bertz CT molecular complexity index is 1050. The van der Waals surface area contributed by atoms with Crippen molar-refractivity contribution in [2.45, 2.75) is 31.6 Å². The van der Waals surface area contributed by atoms with Crippen LogP contribution in [0.15, 0.2) is 41.9 Å². The number of nitrogens with zero attached hydrogens (tertiary/aromatic N) is 2. The van der Waals surface area contributed by atoms with Crippen LogP contribution in [0.3, 0.4) is 0 Å². The Morgan fingerprint density at radius 2 is 2.17 bits per heavy atom. The molecule has 1 amide bonds. The molecule has 0 unspecified atom stereocenters. The highest BCUT2D eigenvalue weighted by Crippen LogP contribution is 2.45. The zero-order valence-corrected chi connectivity index (χ0v) is 16.0. The molecule has 0 aliphatic carbocycles. The molecule has 6 nitrogen and oxygen atoms in total. The minimum absolute atomic E-state index is 0.00150. The molecule has 0 saturated heterocycles. The number of thiophene rings is 1. The number of hydrogen-bond donors (Lipinski definition) is 3. The summed E-state index contributed by atoms with van der Waals surface area (Å²) in [5.41, 5.74) is 0.956. The van der Waals surface area contributed by atoms with Gasteiger partial charge in [-0.05, 0) is 36.1 Å². The molecule has 0 fully saturated rings. The fourth-order valence-corrected chi connectivity index (χ4v) is 4.14. The summed E-state index contributed by atoms with van der Waals surface area (Å²) in [5, 5.41) is 21.1. The number of aromatic hydroxyl groups is 1. The first-order valence-electron chi connectivity index (χ1n) is 8.79. The predicted octanol–water partition coefficient (Wildman–Crippen LogP) is 4.87. The number of phenolic OH excluding ortho intramolecular Hbond substituents is 1. The molecule has 3 heterocycles. The standard InChI is InChI=1S/C19H17F3N4O2S/c1-10-4-5-14(27)12(7-10)25-18(28)11-9-23-26-16(19(20,21)22)8-13(24-17(11)26)15-3-2-6-29-15/h2-7,9,13,16,24,27H,8H2,1H3,(H,25,28)/t13-,16+/m1/s1. The smallest absolute Gasteiger partial charge is 0.410 e. The Balaban J connectivity index is 1.70. The first-order valence-corrected chi connectivity index (χ1v) is 9.67. The molecule has 1 aliphatic heterocycles. The lowest BCUT2D eigenvalue weighted by Gasteiger charge is -2.33. The molecule has 0 bridgehead atoms. The van der Waals surface area contributed by atoms with Gasteiger partial charge in [-0.1, -0.05) is 12.1 Å². The number of hydrogen-bond acceptors (Lipinski definition) is 5. The second-order valence-corrected chi connectivity index (χ2v) is 7.81. The number of fused-ring (bicyclic) bond motifs is 1. The first kappa shape index (κ1) is 19.3. The lowest BCUT2D eigenvalue weighted by atomic mass is 10.0. The topological polar surface area (TPSA) is 79.2 Å². The van der Waals surface area contributed by atoms with Gasteiger partial charge in [0.2, 0.25) is 0 Å². The van der Waals surface area contributed by atoms with Crippen molar-refractivity contribution in [2.75, 3.05) is 10.6 Å². The number of nitrogens with one attached hydrogen (secondary N) is 2. The Morgan fingerprint density at radius 1 is 1.38 bits per heavy atom. The van der Waals surface area contributed by atoms with E-state index < -0.39 is 24.2 Å². The van der Waals surface area contributed by atoms with E-state index in [0.29, 0.717) is 0 Å². The van der Waals surface area contributed by atoms with Gasteiger partial charge in [-0.3, -0.25) is 4.79 Å². The average molecular weight is 422 g/mol. The number of rotatable bonds is 3. The molecular weight excluding hydrogens is 405 g/mol. The summed E-state index contributed by atoms with van der Waals surface area (Å²) in [5.74, 6) is -0.795. The molecule has 1 aliphatic rings. The number of carbonyl (C=O) groups excluding carboxylic acids is 1. The van der Waals surface area contributed by atoms with Gasteiger partial charge in [0.15, 0.2) is 6.04 Å². The van der Waals surface area contributed by atoms with Crippen molar-refractivity contribution in [2.24, 2.45) is 0 Å². The van der Waals surface area contributed by atoms with Crippen LogP contribution in [0.4, 0.5) is 24.7 Å². The predicted molar refractivity (Wildman–Crippen MR) is 103 cm³/mol. The molecule has 152 valence electrons. The lowest BCUT2D eigenvalue weighted by Crippen LogP contribution is -2.36. The van der Waals surface area contributed by atoms with Crippen molar-refractivity contribution in [1.29, 1.82) is 0 Å². The third kappa shape index (κ3) is 3.67. The van der Waals surface area contributed by atoms with Crippen molar-refractivity contribution in [3.05, 3.63) is 57.9 Å². The van der Waals surface area contributed by atoms with Crippen LogP contribution in [-0.2, 0) is 0 Å².